The number of amides is 1. The normalized spacial score (nSPS) is 36.0. The molecular formula is C12H21ClN2O4S. The predicted octanol–water partition coefficient (Wildman–Crippen LogP) is -0.710. The van der Waals surface area contributed by atoms with Crippen LogP contribution in [0.1, 0.15) is 6.42 Å². The van der Waals surface area contributed by atoms with E-state index in [1.54, 1.807) is 0 Å². The summed E-state index contributed by atoms with van der Waals surface area (Å²) in [6, 6.07) is 0. The minimum atomic E-state index is -3.02. The molecular weight excluding hydrogens is 304 g/mol. The summed E-state index contributed by atoms with van der Waals surface area (Å²) in [5, 5.41) is 2.77. The number of nitrogens with one attached hydrogen (secondary N) is 1. The van der Waals surface area contributed by atoms with Crippen LogP contribution in [0.5, 0.6) is 0 Å². The molecule has 20 heavy (non-hydrogen) atoms. The highest BCUT2D eigenvalue weighted by atomic mass is 35.5. The van der Waals surface area contributed by atoms with Crippen molar-refractivity contribution in [1.29, 1.82) is 0 Å². The van der Waals surface area contributed by atoms with Gasteiger partial charge in [-0.3, -0.25) is 4.79 Å². The standard InChI is InChI=1S/C12H20N2O4S.ClH/c15-12(14-2-4-18-5-3-14)9-1-6-19(16,17)11-8-13-7-10(9)11;/h9-11,13H,1-8H2;1H/t9?,10-,11-;/m1./s1. The van der Waals surface area contributed by atoms with Gasteiger partial charge in [-0.05, 0) is 6.42 Å². The monoisotopic (exact) mass is 324 g/mol. The summed E-state index contributed by atoms with van der Waals surface area (Å²) in [6.45, 7) is 3.58. The van der Waals surface area contributed by atoms with Gasteiger partial charge in [0.2, 0.25) is 5.91 Å². The summed E-state index contributed by atoms with van der Waals surface area (Å²) in [5.41, 5.74) is 0. The van der Waals surface area contributed by atoms with Gasteiger partial charge in [-0.2, -0.15) is 0 Å². The van der Waals surface area contributed by atoms with Crippen molar-refractivity contribution in [2.75, 3.05) is 45.1 Å². The third kappa shape index (κ3) is 2.81. The summed E-state index contributed by atoms with van der Waals surface area (Å²) in [6.07, 6.45) is 0.474. The van der Waals surface area contributed by atoms with Crippen molar-refractivity contribution >= 4 is 28.2 Å². The number of fused-ring (bicyclic) bond motifs is 1. The zero-order valence-corrected chi connectivity index (χ0v) is 12.9. The van der Waals surface area contributed by atoms with Gasteiger partial charge in [-0.1, -0.05) is 0 Å². The molecule has 3 fully saturated rings. The van der Waals surface area contributed by atoms with Gasteiger partial charge in [0.1, 0.15) is 0 Å². The number of sulfone groups is 1. The molecule has 0 radical (unpaired) electrons. The van der Waals surface area contributed by atoms with Gasteiger partial charge in [0.05, 0.1) is 24.2 Å². The lowest BCUT2D eigenvalue weighted by atomic mass is 9.87. The molecule has 3 aliphatic rings. The van der Waals surface area contributed by atoms with E-state index in [1.165, 1.54) is 0 Å². The van der Waals surface area contributed by atoms with Gasteiger partial charge in [-0.15, -0.1) is 12.4 Å². The molecule has 0 saturated carbocycles. The maximum absolute atomic E-state index is 12.6. The maximum Gasteiger partial charge on any atom is 0.226 e. The van der Waals surface area contributed by atoms with Crippen LogP contribution in [-0.4, -0.2) is 69.6 Å². The van der Waals surface area contributed by atoms with E-state index in [2.05, 4.69) is 5.32 Å². The Bertz CT molecular complexity index is 464. The quantitative estimate of drug-likeness (QED) is 0.689. The zero-order chi connectivity index (χ0) is 13.5. The fourth-order valence-corrected chi connectivity index (χ4v) is 5.53. The number of carbonyl (C=O) groups excluding carboxylic acids is 1. The number of nitrogens with zero attached hydrogens (tertiary/aromatic N) is 1. The summed E-state index contributed by atoms with van der Waals surface area (Å²) < 4.78 is 29.3. The van der Waals surface area contributed by atoms with Gasteiger partial charge < -0.3 is 15.0 Å². The lowest BCUT2D eigenvalue weighted by molar-refractivity contribution is -0.141. The first kappa shape index (κ1) is 16.0. The van der Waals surface area contributed by atoms with Crippen LogP contribution >= 0.6 is 12.4 Å². The Kier molecular flexibility index (Phi) is 4.94. The molecule has 3 aliphatic heterocycles. The summed E-state index contributed by atoms with van der Waals surface area (Å²) in [7, 11) is -3.02. The topological polar surface area (TPSA) is 75.7 Å². The minimum Gasteiger partial charge on any atom is -0.378 e. The number of ether oxygens (including phenoxy) is 1. The van der Waals surface area contributed by atoms with Crippen LogP contribution < -0.4 is 5.32 Å². The average Bonchev–Trinajstić information content (AvgIpc) is 2.90. The Morgan fingerprint density at radius 3 is 2.60 bits per heavy atom. The summed E-state index contributed by atoms with van der Waals surface area (Å²) >= 11 is 0. The molecule has 3 saturated heterocycles. The second-order valence-corrected chi connectivity index (χ2v) is 7.90. The molecule has 0 aromatic heterocycles. The van der Waals surface area contributed by atoms with Gasteiger partial charge in [-0.25, -0.2) is 8.42 Å². The molecule has 1 amide bonds. The fourth-order valence-electron chi connectivity index (χ4n) is 3.45. The third-order valence-electron chi connectivity index (χ3n) is 4.53. The molecule has 8 heteroatoms. The smallest absolute Gasteiger partial charge is 0.226 e. The van der Waals surface area contributed by atoms with E-state index in [4.69, 9.17) is 4.74 Å². The van der Waals surface area contributed by atoms with Crippen LogP contribution in [0.3, 0.4) is 0 Å². The Morgan fingerprint density at radius 1 is 1.20 bits per heavy atom. The van der Waals surface area contributed by atoms with Crippen molar-refractivity contribution in [3.05, 3.63) is 0 Å². The lowest BCUT2D eigenvalue weighted by Gasteiger charge is -2.36. The highest BCUT2D eigenvalue weighted by molar-refractivity contribution is 7.92. The molecule has 1 unspecified atom stereocenters. The van der Waals surface area contributed by atoms with Crippen LogP contribution in [-0.2, 0) is 19.4 Å². The molecule has 0 bridgehead atoms. The van der Waals surface area contributed by atoms with Gasteiger partial charge in [0.15, 0.2) is 9.84 Å². The van der Waals surface area contributed by atoms with Gasteiger partial charge in [0.25, 0.3) is 0 Å². The lowest BCUT2D eigenvalue weighted by Crippen LogP contribution is -2.50. The van der Waals surface area contributed by atoms with E-state index in [9.17, 15) is 13.2 Å². The Morgan fingerprint density at radius 2 is 1.90 bits per heavy atom. The highest BCUT2D eigenvalue weighted by Gasteiger charge is 2.48. The van der Waals surface area contributed by atoms with Crippen LogP contribution in [0.2, 0.25) is 0 Å². The zero-order valence-electron chi connectivity index (χ0n) is 11.3. The summed E-state index contributed by atoms with van der Waals surface area (Å²) in [5.74, 6) is 0.0870. The van der Waals surface area contributed by atoms with Crippen molar-refractivity contribution in [3.63, 3.8) is 0 Å². The van der Waals surface area contributed by atoms with Crippen molar-refractivity contribution in [2.24, 2.45) is 11.8 Å². The number of carbonyl (C=O) groups is 1. The van der Waals surface area contributed by atoms with E-state index in [-0.39, 0.29) is 41.2 Å². The first-order chi connectivity index (χ1) is 9.09. The number of halogens is 1. The second kappa shape index (κ2) is 6.17. The van der Waals surface area contributed by atoms with Crippen molar-refractivity contribution in [2.45, 2.75) is 11.7 Å². The minimum absolute atomic E-state index is 0. The second-order valence-electron chi connectivity index (χ2n) is 5.56. The van der Waals surface area contributed by atoms with Crippen molar-refractivity contribution in [3.8, 4) is 0 Å². The van der Waals surface area contributed by atoms with Gasteiger partial charge >= 0.3 is 0 Å². The Labute approximate surface area is 125 Å². The van der Waals surface area contributed by atoms with E-state index < -0.39 is 9.84 Å². The van der Waals surface area contributed by atoms with Gasteiger partial charge in [0, 0.05) is 38.0 Å². The van der Waals surface area contributed by atoms with E-state index in [0.29, 0.717) is 45.8 Å². The molecule has 0 aromatic rings. The largest absolute Gasteiger partial charge is 0.378 e. The molecule has 116 valence electrons. The Balaban J connectivity index is 0.00000147. The number of hydrogen-bond donors (Lipinski definition) is 1. The van der Waals surface area contributed by atoms with Crippen molar-refractivity contribution in [1.82, 2.24) is 10.2 Å². The maximum atomic E-state index is 12.6. The molecule has 3 atom stereocenters. The molecule has 1 N–H and O–H groups in total. The molecule has 6 nitrogen and oxygen atoms in total. The number of morpholine rings is 1. The molecule has 3 rings (SSSR count). The predicted molar refractivity (Wildman–Crippen MR) is 76.7 cm³/mol. The SMILES string of the molecule is Cl.O=C(C1CCS(=O)(=O)[C@@H]2CNC[C@H]12)N1CCOCC1. The number of hydrogen-bond acceptors (Lipinski definition) is 5. The highest BCUT2D eigenvalue weighted by Crippen LogP contribution is 2.34. The molecule has 0 aromatic carbocycles. The molecule has 0 aliphatic carbocycles. The van der Waals surface area contributed by atoms with E-state index in [1.807, 2.05) is 4.90 Å². The third-order valence-corrected chi connectivity index (χ3v) is 6.78. The van der Waals surface area contributed by atoms with Crippen LogP contribution in [0, 0.1) is 11.8 Å². The summed E-state index contributed by atoms with van der Waals surface area (Å²) in [4.78, 5) is 14.4. The average molecular weight is 325 g/mol. The van der Waals surface area contributed by atoms with E-state index >= 15 is 0 Å². The Hall–Kier alpha value is -0.370. The van der Waals surface area contributed by atoms with Crippen LogP contribution in [0.25, 0.3) is 0 Å². The van der Waals surface area contributed by atoms with Crippen LogP contribution in [0.4, 0.5) is 0 Å². The van der Waals surface area contributed by atoms with Crippen molar-refractivity contribution < 1.29 is 17.9 Å². The fraction of sp³-hybridized carbons (Fsp3) is 0.917. The van der Waals surface area contributed by atoms with Crippen LogP contribution in [0.15, 0.2) is 0 Å². The first-order valence-electron chi connectivity index (χ1n) is 6.88. The molecule has 0 spiro atoms. The first-order valence-corrected chi connectivity index (χ1v) is 8.60. The molecule has 3 heterocycles. The van der Waals surface area contributed by atoms with E-state index in [0.717, 1.165) is 0 Å². The number of rotatable bonds is 1.